The Hall–Kier alpha value is -0.370. The van der Waals surface area contributed by atoms with E-state index in [1.54, 1.807) is 0 Å². The first-order valence-corrected chi connectivity index (χ1v) is 6.89. The summed E-state index contributed by atoms with van der Waals surface area (Å²) in [6.45, 7) is 5.15. The predicted molar refractivity (Wildman–Crippen MR) is 64.3 cm³/mol. The van der Waals surface area contributed by atoms with Crippen LogP contribution in [0, 0.1) is 17.8 Å². The first-order valence-electron chi connectivity index (χ1n) is 6.89. The summed E-state index contributed by atoms with van der Waals surface area (Å²) in [7, 11) is 0. The predicted octanol–water partition coefficient (Wildman–Crippen LogP) is 3.20. The highest BCUT2D eigenvalue weighted by Gasteiger charge is 2.38. The number of rotatable bonds is 3. The minimum absolute atomic E-state index is 0.0860. The van der Waals surface area contributed by atoms with Crippen molar-refractivity contribution in [1.82, 2.24) is 0 Å². The highest BCUT2D eigenvalue weighted by molar-refractivity contribution is 5.86. The van der Waals surface area contributed by atoms with Gasteiger partial charge in [-0.3, -0.25) is 4.79 Å². The van der Waals surface area contributed by atoms with Gasteiger partial charge in [0.2, 0.25) is 0 Å². The quantitative estimate of drug-likeness (QED) is 0.736. The maximum Gasteiger partial charge on any atom is 0.165 e. The Labute approximate surface area is 98.7 Å². The Morgan fingerprint density at radius 2 is 2.00 bits per heavy atom. The molecule has 0 spiro atoms. The summed E-state index contributed by atoms with van der Waals surface area (Å²) in [6, 6.07) is 0. The van der Waals surface area contributed by atoms with Crippen LogP contribution in [0.3, 0.4) is 0 Å². The zero-order valence-electron chi connectivity index (χ0n) is 10.6. The second-order valence-electron chi connectivity index (χ2n) is 5.52. The third kappa shape index (κ3) is 2.32. The van der Waals surface area contributed by atoms with Crippen molar-refractivity contribution < 1.29 is 9.53 Å². The fourth-order valence-electron chi connectivity index (χ4n) is 3.34. The molecule has 2 aliphatic rings. The molecule has 0 bridgehead atoms. The molecule has 0 aromatic rings. The monoisotopic (exact) mass is 224 g/mol. The van der Waals surface area contributed by atoms with Gasteiger partial charge in [0.1, 0.15) is 6.10 Å². The van der Waals surface area contributed by atoms with Gasteiger partial charge in [0.15, 0.2) is 5.78 Å². The Morgan fingerprint density at radius 3 is 2.62 bits per heavy atom. The largest absolute Gasteiger partial charge is 0.370 e. The molecule has 0 amide bonds. The van der Waals surface area contributed by atoms with Crippen molar-refractivity contribution in [1.29, 1.82) is 0 Å². The van der Waals surface area contributed by atoms with Gasteiger partial charge >= 0.3 is 0 Å². The van der Waals surface area contributed by atoms with Crippen LogP contribution in [0.1, 0.15) is 52.4 Å². The third-order valence-electron chi connectivity index (χ3n) is 4.47. The van der Waals surface area contributed by atoms with Crippen LogP contribution in [-0.2, 0) is 9.53 Å². The molecule has 0 radical (unpaired) electrons. The number of carbonyl (C=O) groups excluding carboxylic acids is 1. The van der Waals surface area contributed by atoms with Gasteiger partial charge in [0, 0.05) is 12.5 Å². The summed E-state index contributed by atoms with van der Waals surface area (Å²) in [4.78, 5) is 12.5. The molecule has 0 aromatic heterocycles. The van der Waals surface area contributed by atoms with Crippen LogP contribution in [0.5, 0.6) is 0 Å². The standard InChI is InChI=1S/C14H24O2/c1-3-11-6-4-5-7-12(11)13(15)14-10(2)8-9-16-14/h10-12,14H,3-9H2,1-2H3. The van der Waals surface area contributed by atoms with Crippen molar-refractivity contribution in [3.8, 4) is 0 Å². The van der Waals surface area contributed by atoms with Gasteiger partial charge < -0.3 is 4.74 Å². The number of carbonyl (C=O) groups is 1. The molecule has 1 heterocycles. The minimum atomic E-state index is -0.0860. The summed E-state index contributed by atoms with van der Waals surface area (Å²) >= 11 is 0. The van der Waals surface area contributed by atoms with E-state index in [2.05, 4.69) is 13.8 Å². The first kappa shape index (κ1) is 12.1. The number of Topliss-reactive ketones (excluding diaryl/α,β-unsaturated/α-hetero) is 1. The second-order valence-corrected chi connectivity index (χ2v) is 5.52. The Kier molecular flexibility index (Phi) is 4.01. The molecule has 4 atom stereocenters. The molecule has 92 valence electrons. The molecule has 0 N–H and O–H groups in total. The van der Waals surface area contributed by atoms with E-state index in [4.69, 9.17) is 4.74 Å². The highest BCUT2D eigenvalue weighted by Crippen LogP contribution is 2.36. The van der Waals surface area contributed by atoms with Gasteiger partial charge in [-0.05, 0) is 31.1 Å². The van der Waals surface area contributed by atoms with Crippen LogP contribution in [0.25, 0.3) is 0 Å². The SMILES string of the molecule is CCC1CCCCC1C(=O)C1OCCC1C. The molecule has 1 saturated carbocycles. The maximum absolute atomic E-state index is 12.5. The first-order chi connectivity index (χ1) is 7.74. The number of ketones is 1. The zero-order valence-corrected chi connectivity index (χ0v) is 10.6. The van der Waals surface area contributed by atoms with Crippen molar-refractivity contribution in [2.45, 2.75) is 58.5 Å². The average molecular weight is 224 g/mol. The summed E-state index contributed by atoms with van der Waals surface area (Å²) in [5.41, 5.74) is 0. The summed E-state index contributed by atoms with van der Waals surface area (Å²) in [6.07, 6.45) is 7.00. The van der Waals surface area contributed by atoms with Crippen LogP contribution >= 0.6 is 0 Å². The highest BCUT2D eigenvalue weighted by atomic mass is 16.5. The van der Waals surface area contributed by atoms with E-state index in [0.717, 1.165) is 25.9 Å². The number of hydrogen-bond donors (Lipinski definition) is 0. The summed E-state index contributed by atoms with van der Waals surface area (Å²) in [5, 5.41) is 0. The smallest absolute Gasteiger partial charge is 0.165 e. The van der Waals surface area contributed by atoms with Crippen LogP contribution in [0.4, 0.5) is 0 Å². The van der Waals surface area contributed by atoms with E-state index in [0.29, 0.717) is 23.5 Å². The Morgan fingerprint density at radius 1 is 1.25 bits per heavy atom. The van der Waals surface area contributed by atoms with Crippen LogP contribution in [0.2, 0.25) is 0 Å². The molecule has 4 unspecified atom stereocenters. The maximum atomic E-state index is 12.5. The fraction of sp³-hybridized carbons (Fsp3) is 0.929. The van der Waals surface area contributed by atoms with Gasteiger partial charge in [-0.2, -0.15) is 0 Å². The van der Waals surface area contributed by atoms with Crippen molar-refractivity contribution >= 4 is 5.78 Å². The Balaban J connectivity index is 2.01. The molecule has 2 nitrogen and oxygen atoms in total. The van der Waals surface area contributed by atoms with Crippen LogP contribution < -0.4 is 0 Å². The molecule has 2 rings (SSSR count). The van der Waals surface area contributed by atoms with Gasteiger partial charge in [0.05, 0.1) is 0 Å². The van der Waals surface area contributed by atoms with Gasteiger partial charge in [-0.15, -0.1) is 0 Å². The fourth-order valence-corrected chi connectivity index (χ4v) is 3.34. The lowest BCUT2D eigenvalue weighted by Gasteiger charge is -2.32. The van der Waals surface area contributed by atoms with Gasteiger partial charge in [-0.1, -0.05) is 33.1 Å². The van der Waals surface area contributed by atoms with Crippen molar-refractivity contribution in [2.24, 2.45) is 17.8 Å². The van der Waals surface area contributed by atoms with E-state index in [9.17, 15) is 4.79 Å². The molecule has 0 aromatic carbocycles. The molecule has 2 fully saturated rings. The molecule has 16 heavy (non-hydrogen) atoms. The second kappa shape index (κ2) is 5.31. The lowest BCUT2D eigenvalue weighted by Crippen LogP contribution is -2.36. The van der Waals surface area contributed by atoms with Gasteiger partial charge in [0.25, 0.3) is 0 Å². The average Bonchev–Trinajstić information content (AvgIpc) is 2.74. The molecule has 1 aliphatic carbocycles. The normalized spacial score (nSPS) is 39.9. The Bertz CT molecular complexity index is 249. The van der Waals surface area contributed by atoms with Crippen LogP contribution in [-0.4, -0.2) is 18.5 Å². The lowest BCUT2D eigenvalue weighted by molar-refractivity contribution is -0.136. The topological polar surface area (TPSA) is 26.3 Å². The van der Waals surface area contributed by atoms with Crippen molar-refractivity contribution in [2.75, 3.05) is 6.61 Å². The molecular formula is C14H24O2. The van der Waals surface area contributed by atoms with E-state index in [1.807, 2.05) is 0 Å². The number of ether oxygens (including phenoxy) is 1. The number of hydrogen-bond acceptors (Lipinski definition) is 2. The minimum Gasteiger partial charge on any atom is -0.370 e. The van der Waals surface area contributed by atoms with Crippen molar-refractivity contribution in [3.05, 3.63) is 0 Å². The zero-order chi connectivity index (χ0) is 11.5. The van der Waals surface area contributed by atoms with Crippen molar-refractivity contribution in [3.63, 3.8) is 0 Å². The molecule has 2 heteroatoms. The summed E-state index contributed by atoms with van der Waals surface area (Å²) < 4.78 is 5.62. The van der Waals surface area contributed by atoms with E-state index in [1.165, 1.54) is 19.3 Å². The van der Waals surface area contributed by atoms with E-state index < -0.39 is 0 Å². The van der Waals surface area contributed by atoms with E-state index >= 15 is 0 Å². The molecule has 1 saturated heterocycles. The lowest BCUT2D eigenvalue weighted by atomic mass is 9.73. The molecular weight excluding hydrogens is 200 g/mol. The molecule has 1 aliphatic heterocycles. The third-order valence-corrected chi connectivity index (χ3v) is 4.47. The van der Waals surface area contributed by atoms with E-state index in [-0.39, 0.29) is 6.10 Å². The summed E-state index contributed by atoms with van der Waals surface area (Å²) in [5.74, 6) is 1.77. The van der Waals surface area contributed by atoms with Gasteiger partial charge in [-0.25, -0.2) is 0 Å². The van der Waals surface area contributed by atoms with Crippen LogP contribution in [0.15, 0.2) is 0 Å².